The first-order valence-corrected chi connectivity index (χ1v) is 6.84. The highest BCUT2D eigenvalue weighted by Gasteiger charge is 2.03. The van der Waals surface area contributed by atoms with Crippen molar-refractivity contribution in [2.24, 2.45) is 0 Å². The van der Waals surface area contributed by atoms with Crippen LogP contribution in [0.5, 0.6) is 0 Å². The van der Waals surface area contributed by atoms with E-state index in [-0.39, 0.29) is 30.6 Å². The van der Waals surface area contributed by atoms with E-state index in [2.05, 4.69) is 20.3 Å². The number of ketones is 1. The summed E-state index contributed by atoms with van der Waals surface area (Å²) in [7, 11) is 0. The number of hydrogen-bond donors (Lipinski definition) is 1. The molecule has 3 rings (SSSR count). The maximum absolute atomic E-state index is 11.3. The standard InChI is InChI=1S/C17H14N4O.2ClH/c1-12(22)13-2-4-15(5-3-13)20-16-8-11-19-17(21-16)14-6-9-18-10-7-14;;/h2-11H,1H3,(H,19,20,21);2*1H. The molecule has 7 heteroatoms. The maximum Gasteiger partial charge on any atom is 0.161 e. The van der Waals surface area contributed by atoms with Crippen molar-refractivity contribution in [2.45, 2.75) is 6.92 Å². The van der Waals surface area contributed by atoms with E-state index < -0.39 is 0 Å². The van der Waals surface area contributed by atoms with Crippen molar-refractivity contribution in [3.63, 3.8) is 0 Å². The van der Waals surface area contributed by atoms with Crippen LogP contribution in [0.2, 0.25) is 0 Å². The van der Waals surface area contributed by atoms with Crippen LogP contribution in [0, 0.1) is 0 Å². The number of hydrogen-bond acceptors (Lipinski definition) is 5. The Labute approximate surface area is 152 Å². The predicted octanol–water partition coefficient (Wildman–Crippen LogP) is 4.33. The molecule has 0 amide bonds. The molecule has 2 aromatic heterocycles. The number of halogens is 2. The van der Waals surface area contributed by atoms with Gasteiger partial charge in [-0.2, -0.15) is 0 Å². The number of rotatable bonds is 4. The maximum atomic E-state index is 11.3. The molecular formula is C17H16Cl2N4O. The number of anilines is 2. The van der Waals surface area contributed by atoms with Gasteiger partial charge in [-0.25, -0.2) is 9.97 Å². The van der Waals surface area contributed by atoms with Gasteiger partial charge in [0, 0.05) is 35.4 Å². The van der Waals surface area contributed by atoms with Gasteiger partial charge in [-0.15, -0.1) is 24.8 Å². The van der Waals surface area contributed by atoms with Gasteiger partial charge in [-0.05, 0) is 49.4 Å². The molecule has 5 nitrogen and oxygen atoms in total. The zero-order valence-electron chi connectivity index (χ0n) is 12.8. The van der Waals surface area contributed by atoms with E-state index in [1.54, 1.807) is 43.7 Å². The fraction of sp³-hybridized carbons (Fsp3) is 0.0588. The van der Waals surface area contributed by atoms with Gasteiger partial charge in [0.05, 0.1) is 0 Å². The van der Waals surface area contributed by atoms with E-state index in [0.717, 1.165) is 11.3 Å². The van der Waals surface area contributed by atoms with Gasteiger partial charge < -0.3 is 5.32 Å². The van der Waals surface area contributed by atoms with Gasteiger partial charge >= 0.3 is 0 Å². The minimum Gasteiger partial charge on any atom is -0.340 e. The third kappa shape index (κ3) is 4.75. The molecule has 0 saturated carbocycles. The number of benzene rings is 1. The van der Waals surface area contributed by atoms with Crippen LogP contribution in [-0.2, 0) is 0 Å². The Balaban J connectivity index is 0.00000144. The molecule has 0 bridgehead atoms. The van der Waals surface area contributed by atoms with Crippen LogP contribution in [0.15, 0.2) is 61.1 Å². The molecule has 0 unspecified atom stereocenters. The van der Waals surface area contributed by atoms with Gasteiger partial charge in [-0.1, -0.05) is 0 Å². The summed E-state index contributed by atoms with van der Waals surface area (Å²) in [5.74, 6) is 1.37. The second-order valence-corrected chi connectivity index (χ2v) is 4.76. The lowest BCUT2D eigenvalue weighted by Gasteiger charge is -2.07. The summed E-state index contributed by atoms with van der Waals surface area (Å²) in [6.45, 7) is 1.55. The lowest BCUT2D eigenvalue weighted by molar-refractivity contribution is 0.101. The Morgan fingerprint density at radius 1 is 0.917 bits per heavy atom. The third-order valence-electron chi connectivity index (χ3n) is 3.16. The molecule has 124 valence electrons. The second kappa shape index (κ2) is 8.96. The molecule has 2 heterocycles. The van der Waals surface area contributed by atoms with Gasteiger partial charge in [-0.3, -0.25) is 9.78 Å². The first kappa shape index (κ1) is 19.5. The van der Waals surface area contributed by atoms with Crippen molar-refractivity contribution in [1.82, 2.24) is 15.0 Å². The Hall–Kier alpha value is -2.50. The molecule has 3 aromatic rings. The molecule has 0 aliphatic rings. The van der Waals surface area contributed by atoms with Crippen LogP contribution in [-0.4, -0.2) is 20.7 Å². The van der Waals surface area contributed by atoms with Crippen LogP contribution in [0.1, 0.15) is 17.3 Å². The van der Waals surface area contributed by atoms with E-state index in [9.17, 15) is 4.79 Å². The fourth-order valence-electron chi connectivity index (χ4n) is 2.00. The zero-order valence-corrected chi connectivity index (χ0v) is 14.5. The lowest BCUT2D eigenvalue weighted by Crippen LogP contribution is -1.98. The number of aromatic nitrogens is 3. The summed E-state index contributed by atoms with van der Waals surface area (Å²) in [6.07, 6.45) is 5.12. The topological polar surface area (TPSA) is 67.8 Å². The molecular weight excluding hydrogens is 347 g/mol. The number of carbonyl (C=O) groups excluding carboxylic acids is 1. The van der Waals surface area contributed by atoms with Crippen molar-refractivity contribution < 1.29 is 4.79 Å². The molecule has 0 radical (unpaired) electrons. The van der Waals surface area contributed by atoms with E-state index in [1.165, 1.54) is 0 Å². The molecule has 0 aliphatic carbocycles. The second-order valence-electron chi connectivity index (χ2n) is 4.76. The quantitative estimate of drug-likeness (QED) is 0.699. The molecule has 24 heavy (non-hydrogen) atoms. The van der Waals surface area contributed by atoms with Crippen LogP contribution in [0.25, 0.3) is 11.4 Å². The number of nitrogens with zero attached hydrogens (tertiary/aromatic N) is 3. The first-order valence-electron chi connectivity index (χ1n) is 6.84. The van der Waals surface area contributed by atoms with E-state index in [4.69, 9.17) is 0 Å². The normalized spacial score (nSPS) is 9.38. The summed E-state index contributed by atoms with van der Waals surface area (Å²) < 4.78 is 0. The Kier molecular flexibility index (Phi) is 7.30. The predicted molar refractivity (Wildman–Crippen MR) is 99.5 cm³/mol. The third-order valence-corrected chi connectivity index (χ3v) is 3.16. The first-order chi connectivity index (χ1) is 10.7. The summed E-state index contributed by atoms with van der Waals surface area (Å²) in [6, 6.07) is 12.8. The average molecular weight is 363 g/mol. The van der Waals surface area contributed by atoms with Gasteiger partial charge in [0.2, 0.25) is 0 Å². The van der Waals surface area contributed by atoms with E-state index >= 15 is 0 Å². The largest absolute Gasteiger partial charge is 0.340 e. The van der Waals surface area contributed by atoms with Crippen LogP contribution < -0.4 is 5.32 Å². The minimum atomic E-state index is 0. The molecule has 0 spiro atoms. The molecule has 1 N–H and O–H groups in total. The number of pyridine rings is 1. The van der Waals surface area contributed by atoms with E-state index in [1.807, 2.05) is 24.3 Å². The minimum absolute atomic E-state index is 0. The molecule has 0 fully saturated rings. The van der Waals surface area contributed by atoms with Crippen molar-refractivity contribution in [1.29, 1.82) is 0 Å². The summed E-state index contributed by atoms with van der Waals surface area (Å²) in [5.41, 5.74) is 2.46. The highest BCUT2D eigenvalue weighted by molar-refractivity contribution is 5.94. The van der Waals surface area contributed by atoms with E-state index in [0.29, 0.717) is 17.2 Å². The van der Waals surface area contributed by atoms with Crippen molar-refractivity contribution in [3.8, 4) is 11.4 Å². The monoisotopic (exact) mass is 362 g/mol. The average Bonchev–Trinajstić information content (AvgIpc) is 2.56. The highest BCUT2D eigenvalue weighted by atomic mass is 35.5. The van der Waals surface area contributed by atoms with Gasteiger partial charge in [0.25, 0.3) is 0 Å². The fourth-order valence-corrected chi connectivity index (χ4v) is 2.00. The molecule has 0 atom stereocenters. The Bertz CT molecular complexity index is 795. The Morgan fingerprint density at radius 2 is 1.58 bits per heavy atom. The Morgan fingerprint density at radius 3 is 2.21 bits per heavy atom. The SMILES string of the molecule is CC(=O)c1ccc(Nc2ccnc(-c3ccncc3)n2)cc1.Cl.Cl. The molecule has 0 saturated heterocycles. The highest BCUT2D eigenvalue weighted by Crippen LogP contribution is 2.19. The summed E-state index contributed by atoms with van der Waals surface area (Å²) >= 11 is 0. The number of nitrogens with one attached hydrogen (secondary N) is 1. The van der Waals surface area contributed by atoms with Crippen LogP contribution in [0.4, 0.5) is 11.5 Å². The van der Waals surface area contributed by atoms with Gasteiger partial charge in [0.15, 0.2) is 11.6 Å². The number of Topliss-reactive ketones (excluding diaryl/α,β-unsaturated/α-hetero) is 1. The summed E-state index contributed by atoms with van der Waals surface area (Å²) in [5, 5.41) is 3.20. The van der Waals surface area contributed by atoms with Crippen molar-refractivity contribution >= 4 is 42.1 Å². The van der Waals surface area contributed by atoms with Crippen molar-refractivity contribution in [3.05, 3.63) is 66.6 Å². The zero-order chi connectivity index (χ0) is 15.4. The number of carbonyl (C=O) groups is 1. The smallest absolute Gasteiger partial charge is 0.161 e. The molecule has 1 aromatic carbocycles. The van der Waals surface area contributed by atoms with Crippen LogP contribution in [0.3, 0.4) is 0 Å². The van der Waals surface area contributed by atoms with Crippen LogP contribution >= 0.6 is 24.8 Å². The van der Waals surface area contributed by atoms with Gasteiger partial charge in [0.1, 0.15) is 5.82 Å². The molecule has 0 aliphatic heterocycles. The lowest BCUT2D eigenvalue weighted by atomic mass is 10.1. The summed E-state index contributed by atoms with van der Waals surface area (Å²) in [4.78, 5) is 24.0. The van der Waals surface area contributed by atoms with Crippen molar-refractivity contribution in [2.75, 3.05) is 5.32 Å².